The van der Waals surface area contributed by atoms with Gasteiger partial charge >= 0.3 is 0 Å². The number of aromatic nitrogens is 1. The van der Waals surface area contributed by atoms with Crippen molar-refractivity contribution in [2.75, 3.05) is 43.5 Å². The summed E-state index contributed by atoms with van der Waals surface area (Å²) in [5.74, 6) is -0.330. The predicted octanol–water partition coefficient (Wildman–Crippen LogP) is 3.64. The van der Waals surface area contributed by atoms with E-state index < -0.39 is 0 Å². The van der Waals surface area contributed by atoms with Gasteiger partial charge in [-0.05, 0) is 31.2 Å². The lowest BCUT2D eigenvalue weighted by Gasteiger charge is -2.25. The molecule has 160 valence electrons. The average molecular weight is 437 g/mol. The zero-order chi connectivity index (χ0) is 21.6. The van der Waals surface area contributed by atoms with Crippen molar-refractivity contribution in [3.63, 3.8) is 0 Å². The number of carbonyl (C=O) groups is 2. The van der Waals surface area contributed by atoms with Crippen LogP contribution in [0.1, 0.15) is 16.1 Å². The summed E-state index contributed by atoms with van der Waals surface area (Å²) in [6.45, 7) is 5.22. The minimum Gasteiger partial charge on any atom is -0.379 e. The third-order valence-electron chi connectivity index (χ3n) is 4.93. The number of benzene rings is 2. The molecule has 8 heteroatoms. The van der Waals surface area contributed by atoms with Crippen LogP contribution in [0.2, 0.25) is 0 Å². The van der Waals surface area contributed by atoms with Gasteiger partial charge in [0.25, 0.3) is 5.91 Å². The molecular formula is C23H24N4O3S. The zero-order valence-electron chi connectivity index (χ0n) is 17.3. The van der Waals surface area contributed by atoms with Gasteiger partial charge in [0.15, 0.2) is 0 Å². The fourth-order valence-corrected chi connectivity index (χ4v) is 4.01. The zero-order valence-corrected chi connectivity index (χ0v) is 18.1. The van der Waals surface area contributed by atoms with Crippen molar-refractivity contribution in [3.05, 3.63) is 65.2 Å². The summed E-state index contributed by atoms with van der Waals surface area (Å²) in [6.07, 6.45) is 0. The van der Waals surface area contributed by atoms with Crippen molar-refractivity contribution in [1.29, 1.82) is 0 Å². The number of aryl methyl sites for hydroxylation is 1. The van der Waals surface area contributed by atoms with Crippen LogP contribution < -0.4 is 10.6 Å². The summed E-state index contributed by atoms with van der Waals surface area (Å²) in [6, 6.07) is 15.1. The summed E-state index contributed by atoms with van der Waals surface area (Å²) in [5, 5.41) is 8.29. The number of ether oxygens (including phenoxy) is 1. The van der Waals surface area contributed by atoms with Crippen LogP contribution in [0.15, 0.2) is 53.9 Å². The van der Waals surface area contributed by atoms with E-state index in [4.69, 9.17) is 4.74 Å². The van der Waals surface area contributed by atoms with E-state index in [9.17, 15) is 9.59 Å². The van der Waals surface area contributed by atoms with Gasteiger partial charge in [-0.2, -0.15) is 0 Å². The summed E-state index contributed by atoms with van der Waals surface area (Å²) in [5.41, 5.74) is 3.88. The molecule has 0 bridgehead atoms. The van der Waals surface area contributed by atoms with E-state index >= 15 is 0 Å². The Kier molecular flexibility index (Phi) is 6.71. The van der Waals surface area contributed by atoms with Gasteiger partial charge in [0.05, 0.1) is 19.8 Å². The third-order valence-corrected chi connectivity index (χ3v) is 5.82. The average Bonchev–Trinajstić information content (AvgIpc) is 3.27. The number of nitrogens with one attached hydrogen (secondary N) is 2. The Hall–Kier alpha value is -3.07. The Morgan fingerprint density at radius 2 is 1.65 bits per heavy atom. The van der Waals surface area contributed by atoms with Gasteiger partial charge in [-0.15, -0.1) is 11.3 Å². The van der Waals surface area contributed by atoms with E-state index in [1.165, 1.54) is 16.9 Å². The number of hydrogen-bond acceptors (Lipinski definition) is 6. The molecule has 0 saturated carbocycles. The minimum absolute atomic E-state index is 0.0650. The Balaban J connectivity index is 1.32. The lowest BCUT2D eigenvalue weighted by Crippen LogP contribution is -2.41. The van der Waals surface area contributed by atoms with E-state index in [1.807, 2.05) is 31.2 Å². The minimum atomic E-state index is -0.265. The Labute approximate surface area is 185 Å². The normalized spacial score (nSPS) is 14.2. The SMILES string of the molecule is Cc1ccc(-c2nc(C(=O)Nc3ccc(NC(=O)CN4CCOCC4)cc3)cs2)cc1. The first-order valence-corrected chi connectivity index (χ1v) is 11.0. The highest BCUT2D eigenvalue weighted by Crippen LogP contribution is 2.24. The van der Waals surface area contributed by atoms with Crippen LogP contribution in [-0.2, 0) is 9.53 Å². The van der Waals surface area contributed by atoms with Crippen LogP contribution >= 0.6 is 11.3 Å². The maximum atomic E-state index is 12.5. The Morgan fingerprint density at radius 1 is 1.00 bits per heavy atom. The summed E-state index contributed by atoms with van der Waals surface area (Å²) >= 11 is 1.44. The first-order chi connectivity index (χ1) is 15.1. The Morgan fingerprint density at radius 3 is 2.32 bits per heavy atom. The molecule has 1 aliphatic heterocycles. The quantitative estimate of drug-likeness (QED) is 0.616. The van der Waals surface area contributed by atoms with Crippen molar-refractivity contribution in [2.45, 2.75) is 6.92 Å². The van der Waals surface area contributed by atoms with Gasteiger partial charge in [-0.25, -0.2) is 4.98 Å². The molecule has 2 N–H and O–H groups in total. The smallest absolute Gasteiger partial charge is 0.275 e. The molecular weight excluding hydrogens is 412 g/mol. The molecule has 2 heterocycles. The fourth-order valence-electron chi connectivity index (χ4n) is 3.20. The molecule has 0 unspecified atom stereocenters. The summed E-state index contributed by atoms with van der Waals surface area (Å²) in [7, 11) is 0. The molecule has 2 amide bonds. The molecule has 31 heavy (non-hydrogen) atoms. The van der Waals surface area contributed by atoms with Crippen LogP contribution in [0, 0.1) is 6.92 Å². The molecule has 1 saturated heterocycles. The van der Waals surface area contributed by atoms with Gasteiger partial charge in [0.2, 0.25) is 5.91 Å². The van der Waals surface area contributed by atoms with Gasteiger partial charge in [0.1, 0.15) is 10.7 Å². The number of carbonyl (C=O) groups excluding carboxylic acids is 2. The maximum Gasteiger partial charge on any atom is 0.275 e. The number of rotatable bonds is 6. The maximum absolute atomic E-state index is 12.5. The van der Waals surface area contributed by atoms with Gasteiger partial charge < -0.3 is 15.4 Å². The van der Waals surface area contributed by atoms with E-state index in [-0.39, 0.29) is 11.8 Å². The van der Waals surface area contributed by atoms with Crippen molar-refractivity contribution < 1.29 is 14.3 Å². The summed E-state index contributed by atoms with van der Waals surface area (Å²) in [4.78, 5) is 31.3. The standard InChI is InChI=1S/C23H24N4O3S/c1-16-2-4-17(5-3-16)23-26-20(15-31-23)22(29)25-19-8-6-18(7-9-19)24-21(28)14-27-10-12-30-13-11-27/h2-9,15H,10-14H2,1H3,(H,24,28)(H,25,29). The molecule has 1 fully saturated rings. The Bertz CT molecular complexity index is 1040. The van der Waals surface area contributed by atoms with Gasteiger partial charge in [-0.1, -0.05) is 29.8 Å². The number of amides is 2. The van der Waals surface area contributed by atoms with E-state index in [0.717, 1.165) is 23.7 Å². The molecule has 0 atom stereocenters. The van der Waals surface area contributed by atoms with Crippen molar-refractivity contribution >= 4 is 34.5 Å². The van der Waals surface area contributed by atoms with Gasteiger partial charge in [0, 0.05) is 35.4 Å². The van der Waals surface area contributed by atoms with E-state index in [1.54, 1.807) is 29.6 Å². The predicted molar refractivity (Wildman–Crippen MR) is 123 cm³/mol. The second kappa shape index (κ2) is 9.82. The lowest BCUT2D eigenvalue weighted by atomic mass is 10.2. The largest absolute Gasteiger partial charge is 0.379 e. The van der Waals surface area contributed by atoms with Crippen molar-refractivity contribution in [2.24, 2.45) is 0 Å². The highest BCUT2D eigenvalue weighted by atomic mass is 32.1. The summed E-state index contributed by atoms with van der Waals surface area (Å²) < 4.78 is 5.29. The lowest BCUT2D eigenvalue weighted by molar-refractivity contribution is -0.118. The monoisotopic (exact) mass is 436 g/mol. The van der Waals surface area contributed by atoms with Crippen LogP contribution in [0.3, 0.4) is 0 Å². The van der Waals surface area contributed by atoms with Crippen LogP contribution in [0.5, 0.6) is 0 Å². The highest BCUT2D eigenvalue weighted by Gasteiger charge is 2.15. The van der Waals surface area contributed by atoms with E-state index in [2.05, 4.69) is 20.5 Å². The van der Waals surface area contributed by atoms with Crippen LogP contribution in [-0.4, -0.2) is 54.5 Å². The molecule has 7 nitrogen and oxygen atoms in total. The molecule has 3 aromatic rings. The first-order valence-electron chi connectivity index (χ1n) is 10.1. The van der Waals surface area contributed by atoms with Crippen molar-refractivity contribution in [3.8, 4) is 10.6 Å². The topological polar surface area (TPSA) is 83.6 Å². The number of hydrogen-bond donors (Lipinski definition) is 2. The fraction of sp³-hybridized carbons (Fsp3) is 0.261. The molecule has 0 radical (unpaired) electrons. The van der Waals surface area contributed by atoms with Crippen molar-refractivity contribution in [1.82, 2.24) is 9.88 Å². The number of thiazole rings is 1. The molecule has 2 aromatic carbocycles. The van der Waals surface area contributed by atoms with Crippen LogP contribution in [0.4, 0.5) is 11.4 Å². The molecule has 0 aliphatic carbocycles. The number of morpholine rings is 1. The second-order valence-electron chi connectivity index (χ2n) is 7.37. The molecule has 1 aliphatic rings. The number of anilines is 2. The van der Waals surface area contributed by atoms with E-state index in [0.29, 0.717) is 36.8 Å². The molecule has 1 aromatic heterocycles. The molecule has 4 rings (SSSR count). The van der Waals surface area contributed by atoms with Gasteiger partial charge in [-0.3, -0.25) is 14.5 Å². The molecule has 0 spiro atoms. The first kappa shape index (κ1) is 21.2. The second-order valence-corrected chi connectivity index (χ2v) is 8.23. The third kappa shape index (κ3) is 5.75. The highest BCUT2D eigenvalue weighted by molar-refractivity contribution is 7.13. The van der Waals surface area contributed by atoms with Crippen LogP contribution in [0.25, 0.3) is 10.6 Å². The number of nitrogens with zero attached hydrogens (tertiary/aromatic N) is 2.